The lowest BCUT2D eigenvalue weighted by molar-refractivity contribution is 0.0557. The molecule has 0 unspecified atom stereocenters. The van der Waals surface area contributed by atoms with E-state index >= 15 is 0 Å². The van der Waals surface area contributed by atoms with Gasteiger partial charge in [-0.05, 0) is 29.3 Å². The molecule has 0 atom stereocenters. The van der Waals surface area contributed by atoms with Gasteiger partial charge in [-0.1, -0.05) is 28.1 Å². The molecule has 2 aromatic rings. The molecule has 0 amide bonds. The predicted molar refractivity (Wildman–Crippen MR) is 91.4 cm³/mol. The zero-order chi connectivity index (χ0) is 18.8. The molecule has 2 N–H and O–H groups in total. The smallest absolute Gasteiger partial charge is 0.320 e. The molecule has 0 saturated heterocycles. The molecule has 0 fully saturated rings. The van der Waals surface area contributed by atoms with Crippen LogP contribution in [-0.2, 0) is 21.7 Å². The number of alkyl halides is 2. The van der Waals surface area contributed by atoms with Gasteiger partial charge in [0, 0.05) is 27.6 Å². The van der Waals surface area contributed by atoms with Gasteiger partial charge in [0.05, 0.1) is 0 Å². The lowest BCUT2D eigenvalue weighted by Crippen LogP contribution is -2.14. The van der Waals surface area contributed by atoms with Crippen molar-refractivity contribution in [2.75, 3.05) is 0 Å². The van der Waals surface area contributed by atoms with Gasteiger partial charge in [-0.15, -0.1) is 0 Å². The first-order chi connectivity index (χ1) is 11.5. The van der Waals surface area contributed by atoms with Crippen molar-refractivity contribution >= 4 is 35.3 Å². The molecule has 0 bridgehead atoms. The molecule has 2 aromatic carbocycles. The van der Waals surface area contributed by atoms with Gasteiger partial charge < -0.3 is 9.79 Å². The van der Waals surface area contributed by atoms with Crippen molar-refractivity contribution in [1.82, 2.24) is 0 Å². The standard InChI is InChI=1S/C15H12BrF4O3PS/c16-14-5-9(1-2-13(14)15(19,20)24(21,22)23)7-25-8-10-3-11(17)6-12(18)4-10/h1-6H,7-8H2,(H2,21,22,23). The highest BCUT2D eigenvalue weighted by molar-refractivity contribution is 9.10. The van der Waals surface area contributed by atoms with E-state index in [9.17, 15) is 22.1 Å². The van der Waals surface area contributed by atoms with E-state index in [1.54, 1.807) is 0 Å². The molecule has 0 saturated carbocycles. The molecule has 0 spiro atoms. The van der Waals surface area contributed by atoms with Gasteiger partial charge in [0.1, 0.15) is 11.6 Å². The van der Waals surface area contributed by atoms with Gasteiger partial charge >= 0.3 is 13.3 Å². The van der Waals surface area contributed by atoms with Crippen molar-refractivity contribution in [2.24, 2.45) is 0 Å². The summed E-state index contributed by atoms with van der Waals surface area (Å²) in [5.41, 5.74) is -4.04. The Morgan fingerprint density at radius 2 is 1.56 bits per heavy atom. The van der Waals surface area contributed by atoms with Gasteiger partial charge in [-0.3, -0.25) is 4.57 Å². The number of hydrogen-bond donors (Lipinski definition) is 2. The van der Waals surface area contributed by atoms with Gasteiger partial charge in [0.2, 0.25) is 0 Å². The first-order valence-corrected chi connectivity index (χ1v) is 10.3. The van der Waals surface area contributed by atoms with Crippen molar-refractivity contribution in [2.45, 2.75) is 17.2 Å². The number of hydrogen-bond acceptors (Lipinski definition) is 2. The van der Waals surface area contributed by atoms with E-state index in [-0.39, 0.29) is 4.47 Å². The maximum atomic E-state index is 13.7. The normalized spacial score (nSPS) is 12.4. The molecule has 0 radical (unpaired) electrons. The fourth-order valence-corrected chi connectivity index (χ4v) is 4.29. The fraction of sp³-hybridized carbons (Fsp3) is 0.200. The Bertz CT molecular complexity index is 808. The molecule has 0 aliphatic carbocycles. The molecule has 0 aromatic heterocycles. The lowest BCUT2D eigenvalue weighted by atomic mass is 10.1. The highest BCUT2D eigenvalue weighted by Crippen LogP contribution is 2.60. The Kier molecular flexibility index (Phi) is 6.38. The van der Waals surface area contributed by atoms with Crippen LogP contribution >= 0.6 is 35.3 Å². The molecule has 3 nitrogen and oxygen atoms in total. The van der Waals surface area contributed by atoms with Gasteiger partial charge in [-0.2, -0.15) is 20.5 Å². The summed E-state index contributed by atoms with van der Waals surface area (Å²) >= 11 is 4.21. The highest BCUT2D eigenvalue weighted by atomic mass is 79.9. The van der Waals surface area contributed by atoms with Crippen LogP contribution in [0.1, 0.15) is 16.7 Å². The third-order valence-electron chi connectivity index (χ3n) is 3.18. The Morgan fingerprint density at radius 1 is 1.00 bits per heavy atom. The van der Waals surface area contributed by atoms with E-state index in [2.05, 4.69) is 15.9 Å². The first-order valence-electron chi connectivity index (χ1n) is 6.76. The lowest BCUT2D eigenvalue weighted by Gasteiger charge is -2.19. The number of rotatable bonds is 6. The maximum Gasteiger partial charge on any atom is 0.399 e. The minimum Gasteiger partial charge on any atom is -0.320 e. The van der Waals surface area contributed by atoms with Gasteiger partial charge in [0.15, 0.2) is 0 Å². The van der Waals surface area contributed by atoms with E-state index in [0.717, 1.165) is 12.1 Å². The average Bonchev–Trinajstić information content (AvgIpc) is 2.44. The van der Waals surface area contributed by atoms with Crippen molar-refractivity contribution in [1.29, 1.82) is 0 Å². The first kappa shape index (κ1) is 20.5. The van der Waals surface area contributed by atoms with Crippen LogP contribution in [0.2, 0.25) is 0 Å². The van der Waals surface area contributed by atoms with Crippen LogP contribution in [0.15, 0.2) is 40.9 Å². The Balaban J connectivity index is 2.07. The molecular formula is C15H12BrF4O3PS. The second kappa shape index (κ2) is 7.80. The second-order valence-corrected chi connectivity index (χ2v) is 8.66. The highest BCUT2D eigenvalue weighted by Gasteiger charge is 2.51. The fourth-order valence-electron chi connectivity index (χ4n) is 2.03. The summed E-state index contributed by atoms with van der Waals surface area (Å²) in [6.45, 7) is 0. The summed E-state index contributed by atoms with van der Waals surface area (Å²) in [6.07, 6.45) is 0. The van der Waals surface area contributed by atoms with E-state index in [0.29, 0.717) is 22.6 Å². The number of thioether (sulfide) groups is 1. The molecular weight excluding hydrogens is 447 g/mol. The summed E-state index contributed by atoms with van der Waals surface area (Å²) in [6, 6.07) is 6.78. The van der Waals surface area contributed by atoms with Crippen molar-refractivity contribution in [3.8, 4) is 0 Å². The molecule has 0 aliphatic heterocycles. The Hall–Kier alpha value is -0.860. The molecule has 0 aliphatic rings. The quantitative estimate of drug-likeness (QED) is 0.450. The van der Waals surface area contributed by atoms with Gasteiger partial charge in [0.25, 0.3) is 0 Å². The van der Waals surface area contributed by atoms with Crippen LogP contribution in [-0.4, -0.2) is 9.79 Å². The molecule has 25 heavy (non-hydrogen) atoms. The molecule has 136 valence electrons. The minimum absolute atomic E-state index is 0.129. The zero-order valence-electron chi connectivity index (χ0n) is 12.4. The van der Waals surface area contributed by atoms with Gasteiger partial charge in [-0.25, -0.2) is 8.78 Å². The molecule has 0 heterocycles. The largest absolute Gasteiger partial charge is 0.399 e. The average molecular weight is 459 g/mol. The Labute approximate surface area is 153 Å². The van der Waals surface area contributed by atoms with Crippen LogP contribution in [0.25, 0.3) is 0 Å². The summed E-state index contributed by atoms with van der Waals surface area (Å²) in [4.78, 5) is 17.6. The minimum atomic E-state index is -5.64. The number of benzene rings is 2. The van der Waals surface area contributed by atoms with Crippen LogP contribution in [0.5, 0.6) is 0 Å². The SMILES string of the molecule is O=P(O)(O)C(F)(F)c1ccc(CSCc2cc(F)cc(F)c2)cc1Br. The zero-order valence-corrected chi connectivity index (χ0v) is 15.7. The summed E-state index contributed by atoms with van der Waals surface area (Å²) in [7, 11) is -5.64. The Morgan fingerprint density at radius 3 is 2.08 bits per heavy atom. The molecule has 10 heteroatoms. The third-order valence-corrected chi connectivity index (χ3v) is 5.89. The number of halogens is 5. The third kappa shape index (κ3) is 5.08. The van der Waals surface area contributed by atoms with Crippen LogP contribution in [0.3, 0.4) is 0 Å². The topological polar surface area (TPSA) is 57.5 Å². The molecule has 2 rings (SSSR count). The monoisotopic (exact) mass is 458 g/mol. The second-order valence-electron chi connectivity index (χ2n) is 5.17. The van der Waals surface area contributed by atoms with E-state index in [1.807, 2.05) is 0 Å². The van der Waals surface area contributed by atoms with Crippen molar-refractivity contribution < 1.29 is 31.9 Å². The van der Waals surface area contributed by atoms with E-state index in [1.165, 1.54) is 36.0 Å². The summed E-state index contributed by atoms with van der Waals surface area (Å²) in [5, 5.41) is 0. The maximum absolute atomic E-state index is 13.7. The van der Waals surface area contributed by atoms with Crippen molar-refractivity contribution in [3.05, 3.63) is 69.2 Å². The van der Waals surface area contributed by atoms with Crippen LogP contribution < -0.4 is 0 Å². The van der Waals surface area contributed by atoms with E-state index < -0.39 is 30.5 Å². The van der Waals surface area contributed by atoms with E-state index in [4.69, 9.17) is 9.79 Å². The van der Waals surface area contributed by atoms with Crippen molar-refractivity contribution in [3.63, 3.8) is 0 Å². The van der Waals surface area contributed by atoms with Crippen LogP contribution in [0.4, 0.5) is 17.6 Å². The predicted octanol–water partition coefficient (Wildman–Crippen LogP) is 5.39. The summed E-state index contributed by atoms with van der Waals surface area (Å²) in [5.74, 6) is -0.685. The summed E-state index contributed by atoms with van der Waals surface area (Å²) < 4.78 is 64.5. The van der Waals surface area contributed by atoms with Crippen LogP contribution in [0, 0.1) is 11.6 Å².